The van der Waals surface area contributed by atoms with Gasteiger partial charge in [0.2, 0.25) is 5.91 Å². The predicted molar refractivity (Wildman–Crippen MR) is 92.6 cm³/mol. The first kappa shape index (κ1) is 14.5. The molecule has 4 rings (SSSR count). The Hall–Kier alpha value is -3.08. The van der Waals surface area contributed by atoms with Gasteiger partial charge in [-0.15, -0.1) is 0 Å². The van der Waals surface area contributed by atoms with Crippen molar-refractivity contribution in [3.05, 3.63) is 72.1 Å². The van der Waals surface area contributed by atoms with Crippen LogP contribution in [0.3, 0.4) is 0 Å². The molecule has 1 N–H and O–H groups in total. The van der Waals surface area contributed by atoms with E-state index < -0.39 is 0 Å². The fourth-order valence-corrected chi connectivity index (χ4v) is 2.92. The molecule has 118 valence electrons. The van der Waals surface area contributed by atoms with Gasteiger partial charge >= 0.3 is 0 Å². The van der Waals surface area contributed by atoms with E-state index in [-0.39, 0.29) is 11.8 Å². The average molecular weight is 316 g/mol. The molecule has 0 spiro atoms. The van der Waals surface area contributed by atoms with Gasteiger partial charge in [0.05, 0.1) is 17.2 Å². The van der Waals surface area contributed by atoms with Crippen LogP contribution >= 0.6 is 0 Å². The molecule has 2 atom stereocenters. The monoisotopic (exact) mass is 316 g/mol. The molecule has 1 saturated carbocycles. The van der Waals surface area contributed by atoms with Crippen LogP contribution in [0.15, 0.2) is 66.0 Å². The minimum atomic E-state index is -0.0357. The fraction of sp³-hybridized carbons (Fsp3) is 0.158. The highest BCUT2D eigenvalue weighted by Gasteiger charge is 2.43. The number of para-hydroxylation sites is 1. The maximum absolute atomic E-state index is 12.2. The van der Waals surface area contributed by atoms with Gasteiger partial charge in [0, 0.05) is 23.9 Å². The Balaban J connectivity index is 1.42. The zero-order valence-corrected chi connectivity index (χ0v) is 13.0. The largest absolute Gasteiger partial charge is 0.273 e. The van der Waals surface area contributed by atoms with E-state index >= 15 is 0 Å². The summed E-state index contributed by atoms with van der Waals surface area (Å²) in [5.41, 5.74) is 6.26. The fourth-order valence-electron chi connectivity index (χ4n) is 2.92. The maximum Gasteiger partial charge on any atom is 0.243 e. The zero-order valence-electron chi connectivity index (χ0n) is 13.0. The number of hydrazone groups is 1. The highest BCUT2D eigenvalue weighted by molar-refractivity contribution is 5.96. The number of carbonyl (C=O) groups excluding carboxylic acids is 1. The van der Waals surface area contributed by atoms with Crippen LogP contribution in [0, 0.1) is 5.92 Å². The first-order chi connectivity index (χ1) is 11.8. The van der Waals surface area contributed by atoms with Crippen LogP contribution in [0.25, 0.3) is 11.0 Å². The lowest BCUT2D eigenvalue weighted by molar-refractivity contribution is -0.122. The summed E-state index contributed by atoms with van der Waals surface area (Å²) in [6.45, 7) is 0. The number of hydrogen-bond acceptors (Lipinski definition) is 4. The third kappa shape index (κ3) is 2.88. The van der Waals surface area contributed by atoms with Crippen LogP contribution in [0.4, 0.5) is 0 Å². The van der Waals surface area contributed by atoms with E-state index in [1.165, 1.54) is 5.56 Å². The Kier molecular flexibility index (Phi) is 3.75. The minimum absolute atomic E-state index is 0.0110. The molecule has 24 heavy (non-hydrogen) atoms. The number of nitrogens with zero attached hydrogens (tertiary/aromatic N) is 3. The van der Waals surface area contributed by atoms with Gasteiger partial charge in [0.15, 0.2) is 0 Å². The summed E-state index contributed by atoms with van der Waals surface area (Å²) in [4.78, 5) is 20.8. The Labute approximate surface area is 139 Å². The topological polar surface area (TPSA) is 67.2 Å². The number of rotatable bonds is 4. The molecule has 0 aliphatic heterocycles. The third-order valence-electron chi connectivity index (χ3n) is 4.26. The SMILES string of the molecule is O=C(NN=Cc1cccc2nccnc12)[C@H]1C[C@@H]1c1ccccc1. The van der Waals surface area contributed by atoms with E-state index in [0.717, 1.165) is 23.0 Å². The second-order valence-corrected chi connectivity index (χ2v) is 5.86. The van der Waals surface area contributed by atoms with Crippen molar-refractivity contribution in [2.24, 2.45) is 11.0 Å². The lowest BCUT2D eigenvalue weighted by atomic mass is 10.1. The van der Waals surface area contributed by atoms with E-state index in [1.807, 2.05) is 36.4 Å². The van der Waals surface area contributed by atoms with E-state index in [2.05, 4.69) is 32.6 Å². The van der Waals surface area contributed by atoms with Gasteiger partial charge in [-0.2, -0.15) is 5.10 Å². The van der Waals surface area contributed by atoms with Gasteiger partial charge in [-0.05, 0) is 24.0 Å². The van der Waals surface area contributed by atoms with Crippen molar-refractivity contribution in [1.82, 2.24) is 15.4 Å². The lowest BCUT2D eigenvalue weighted by Crippen LogP contribution is -2.20. The summed E-state index contributed by atoms with van der Waals surface area (Å²) < 4.78 is 0. The molecule has 0 saturated heterocycles. The first-order valence-corrected chi connectivity index (χ1v) is 7.90. The Morgan fingerprint density at radius 2 is 1.92 bits per heavy atom. The summed E-state index contributed by atoms with van der Waals surface area (Å²) in [6, 6.07) is 15.8. The third-order valence-corrected chi connectivity index (χ3v) is 4.26. The van der Waals surface area contributed by atoms with Gasteiger partial charge in [-0.1, -0.05) is 42.5 Å². The second-order valence-electron chi connectivity index (χ2n) is 5.86. The molecule has 1 heterocycles. The molecule has 5 nitrogen and oxygen atoms in total. The minimum Gasteiger partial charge on any atom is -0.273 e. The lowest BCUT2D eigenvalue weighted by Gasteiger charge is -2.01. The quantitative estimate of drug-likeness (QED) is 0.594. The molecule has 0 bridgehead atoms. The summed E-state index contributed by atoms with van der Waals surface area (Å²) >= 11 is 0. The van der Waals surface area contributed by atoms with Crippen molar-refractivity contribution in [3.8, 4) is 0 Å². The van der Waals surface area contributed by atoms with Crippen molar-refractivity contribution in [3.63, 3.8) is 0 Å². The van der Waals surface area contributed by atoms with Crippen molar-refractivity contribution in [2.45, 2.75) is 12.3 Å². The Bertz CT molecular complexity index is 902. The molecule has 0 unspecified atom stereocenters. The number of amides is 1. The number of carbonyl (C=O) groups is 1. The maximum atomic E-state index is 12.2. The molecule has 5 heteroatoms. The van der Waals surface area contributed by atoms with Gasteiger partial charge in [-0.25, -0.2) is 5.43 Å². The van der Waals surface area contributed by atoms with E-state index in [4.69, 9.17) is 0 Å². The van der Waals surface area contributed by atoms with Crippen molar-refractivity contribution < 1.29 is 4.79 Å². The summed E-state index contributed by atoms with van der Waals surface area (Å²) in [6.07, 6.45) is 5.80. The molecule has 2 aromatic carbocycles. The molecule has 3 aromatic rings. The van der Waals surface area contributed by atoms with Crippen LogP contribution in [-0.2, 0) is 4.79 Å². The summed E-state index contributed by atoms with van der Waals surface area (Å²) in [5, 5.41) is 4.09. The van der Waals surface area contributed by atoms with Crippen molar-refractivity contribution >= 4 is 23.2 Å². The Morgan fingerprint density at radius 1 is 1.08 bits per heavy atom. The van der Waals surface area contributed by atoms with E-state index in [0.29, 0.717) is 5.92 Å². The standard InChI is InChI=1S/C19H16N4O/c24-19(16-11-15(16)13-5-2-1-3-6-13)23-22-12-14-7-4-8-17-18(14)21-10-9-20-17/h1-10,12,15-16H,11H2,(H,23,24)/t15-,16+/m1/s1. The van der Waals surface area contributed by atoms with Crippen LogP contribution in [0.1, 0.15) is 23.5 Å². The molecule has 1 aliphatic rings. The molecule has 1 aliphatic carbocycles. The molecule has 1 aromatic heterocycles. The highest BCUT2D eigenvalue weighted by atomic mass is 16.2. The molecule has 1 fully saturated rings. The number of fused-ring (bicyclic) bond motifs is 1. The van der Waals surface area contributed by atoms with Crippen LogP contribution in [0.2, 0.25) is 0 Å². The number of benzene rings is 2. The van der Waals surface area contributed by atoms with Gasteiger partial charge < -0.3 is 0 Å². The van der Waals surface area contributed by atoms with E-state index in [9.17, 15) is 4.79 Å². The molecule has 0 radical (unpaired) electrons. The van der Waals surface area contributed by atoms with Crippen LogP contribution < -0.4 is 5.43 Å². The van der Waals surface area contributed by atoms with Gasteiger partial charge in [0.1, 0.15) is 0 Å². The van der Waals surface area contributed by atoms with Crippen molar-refractivity contribution in [2.75, 3.05) is 0 Å². The zero-order chi connectivity index (χ0) is 16.4. The number of hydrogen-bond donors (Lipinski definition) is 1. The summed E-state index contributed by atoms with van der Waals surface area (Å²) in [5.74, 6) is 0.285. The van der Waals surface area contributed by atoms with E-state index in [1.54, 1.807) is 18.6 Å². The van der Waals surface area contributed by atoms with Crippen molar-refractivity contribution in [1.29, 1.82) is 0 Å². The van der Waals surface area contributed by atoms with Crippen LogP contribution in [-0.4, -0.2) is 22.1 Å². The Morgan fingerprint density at radius 3 is 2.79 bits per heavy atom. The van der Waals surface area contributed by atoms with Crippen LogP contribution in [0.5, 0.6) is 0 Å². The summed E-state index contributed by atoms with van der Waals surface area (Å²) in [7, 11) is 0. The number of nitrogens with one attached hydrogen (secondary N) is 1. The van der Waals surface area contributed by atoms with Gasteiger partial charge in [0.25, 0.3) is 0 Å². The van der Waals surface area contributed by atoms with Gasteiger partial charge in [-0.3, -0.25) is 14.8 Å². The average Bonchev–Trinajstić information content (AvgIpc) is 3.43. The highest BCUT2D eigenvalue weighted by Crippen LogP contribution is 2.47. The molecular weight excluding hydrogens is 300 g/mol. The second kappa shape index (κ2) is 6.20. The number of aromatic nitrogens is 2. The smallest absolute Gasteiger partial charge is 0.243 e. The normalized spacial score (nSPS) is 19.5. The molecular formula is C19H16N4O. The first-order valence-electron chi connectivity index (χ1n) is 7.90. The molecule has 1 amide bonds. The predicted octanol–water partition coefficient (Wildman–Crippen LogP) is 2.88.